The summed E-state index contributed by atoms with van der Waals surface area (Å²) in [6.07, 6.45) is -4.38. The van der Waals surface area contributed by atoms with E-state index in [0.29, 0.717) is 17.7 Å². The molecule has 0 aliphatic carbocycles. The predicted molar refractivity (Wildman–Crippen MR) is 73.9 cm³/mol. The summed E-state index contributed by atoms with van der Waals surface area (Å²) < 4.78 is 38.8. The van der Waals surface area contributed by atoms with Gasteiger partial charge in [-0.05, 0) is 38.5 Å². The van der Waals surface area contributed by atoms with Crippen molar-refractivity contribution >= 4 is 6.03 Å². The minimum atomic E-state index is -4.38. The van der Waals surface area contributed by atoms with Crippen LogP contribution in [-0.4, -0.2) is 35.5 Å². The fraction of sp³-hybridized carbons (Fsp3) is 0.533. The van der Waals surface area contributed by atoms with Crippen LogP contribution in [0.25, 0.3) is 0 Å². The van der Waals surface area contributed by atoms with Gasteiger partial charge in [0.25, 0.3) is 0 Å². The zero-order valence-electron chi connectivity index (χ0n) is 12.5. The molecule has 0 spiro atoms. The van der Waals surface area contributed by atoms with Gasteiger partial charge in [-0.25, -0.2) is 4.79 Å². The molecule has 1 aromatic rings. The van der Waals surface area contributed by atoms with Crippen LogP contribution in [0.4, 0.5) is 18.0 Å². The van der Waals surface area contributed by atoms with Crippen LogP contribution in [0.5, 0.6) is 0 Å². The Bertz CT molecular complexity index is 554. The molecule has 1 aliphatic rings. The Kier molecular flexibility index (Phi) is 3.91. The van der Waals surface area contributed by atoms with Crippen molar-refractivity contribution in [2.75, 3.05) is 13.6 Å². The fourth-order valence-electron chi connectivity index (χ4n) is 2.65. The summed E-state index contributed by atoms with van der Waals surface area (Å²) in [5.41, 5.74) is 0.409. The Labute approximate surface area is 122 Å². The molecule has 1 saturated heterocycles. The molecule has 1 aliphatic heterocycles. The third-order valence-corrected chi connectivity index (χ3v) is 3.82. The Hall–Kier alpha value is -1.72. The Morgan fingerprint density at radius 2 is 1.86 bits per heavy atom. The van der Waals surface area contributed by atoms with Crippen molar-refractivity contribution in [1.29, 1.82) is 0 Å². The summed E-state index contributed by atoms with van der Waals surface area (Å²) in [6.45, 7) is 5.83. The van der Waals surface area contributed by atoms with Crippen molar-refractivity contribution in [3.63, 3.8) is 0 Å². The highest BCUT2D eigenvalue weighted by molar-refractivity contribution is 5.77. The number of urea groups is 1. The van der Waals surface area contributed by atoms with E-state index in [-0.39, 0.29) is 18.1 Å². The van der Waals surface area contributed by atoms with Crippen LogP contribution >= 0.6 is 0 Å². The maximum Gasteiger partial charge on any atom is 0.416 e. The first kappa shape index (κ1) is 15.7. The molecular weight excluding hydrogens is 281 g/mol. The van der Waals surface area contributed by atoms with E-state index in [1.54, 1.807) is 24.9 Å². The number of likely N-dealkylation sites (N-methyl/N-ethyl adjacent to an activating group) is 1. The van der Waals surface area contributed by atoms with Crippen LogP contribution in [0.15, 0.2) is 18.2 Å². The lowest BCUT2D eigenvalue weighted by Gasteiger charge is -2.20. The predicted octanol–water partition coefficient (Wildman–Crippen LogP) is 3.83. The Balaban J connectivity index is 2.39. The number of carbonyl (C=O) groups is 1. The van der Waals surface area contributed by atoms with Gasteiger partial charge >= 0.3 is 12.2 Å². The lowest BCUT2D eigenvalue weighted by Crippen LogP contribution is -2.34. The van der Waals surface area contributed by atoms with Crippen molar-refractivity contribution in [1.82, 2.24) is 9.80 Å². The molecule has 0 aromatic heterocycles. The summed E-state index contributed by atoms with van der Waals surface area (Å²) >= 11 is 0. The number of halogens is 3. The second kappa shape index (κ2) is 5.24. The molecule has 1 atom stereocenters. The number of benzene rings is 1. The molecule has 1 fully saturated rings. The average molecular weight is 300 g/mol. The van der Waals surface area contributed by atoms with Gasteiger partial charge in [0.1, 0.15) is 0 Å². The first-order valence-electron chi connectivity index (χ1n) is 6.83. The molecule has 1 unspecified atom stereocenters. The molecule has 0 N–H and O–H groups in total. The smallest absolute Gasteiger partial charge is 0.320 e. The van der Waals surface area contributed by atoms with Gasteiger partial charge in [-0.2, -0.15) is 13.2 Å². The third kappa shape index (κ3) is 2.99. The minimum absolute atomic E-state index is 0.0249. The van der Waals surface area contributed by atoms with E-state index in [9.17, 15) is 18.0 Å². The summed E-state index contributed by atoms with van der Waals surface area (Å²) in [6, 6.07) is 3.52. The zero-order chi connectivity index (χ0) is 15.9. The normalized spacial score (nSPS) is 19.8. The number of hydrogen-bond acceptors (Lipinski definition) is 1. The lowest BCUT2D eigenvalue weighted by molar-refractivity contribution is -0.137. The van der Waals surface area contributed by atoms with Gasteiger partial charge in [0.05, 0.1) is 11.6 Å². The van der Waals surface area contributed by atoms with Crippen molar-refractivity contribution in [3.05, 3.63) is 34.9 Å². The van der Waals surface area contributed by atoms with Gasteiger partial charge in [0.15, 0.2) is 0 Å². The summed E-state index contributed by atoms with van der Waals surface area (Å²) in [7, 11) is 1.63. The number of rotatable bonds is 2. The number of alkyl halides is 3. The zero-order valence-corrected chi connectivity index (χ0v) is 12.5. The SMILES string of the molecule is Cc1cc(C2CN(C(C)C)C(=O)N2C)cc(C(F)(F)F)c1. The van der Waals surface area contributed by atoms with Crippen molar-refractivity contribution < 1.29 is 18.0 Å². The molecule has 116 valence electrons. The van der Waals surface area contributed by atoms with E-state index in [0.717, 1.165) is 12.1 Å². The average Bonchev–Trinajstić information content (AvgIpc) is 2.65. The topological polar surface area (TPSA) is 23.6 Å². The largest absolute Gasteiger partial charge is 0.416 e. The first-order valence-corrected chi connectivity index (χ1v) is 6.83. The summed E-state index contributed by atoms with van der Waals surface area (Å²) in [5, 5.41) is 0. The molecule has 21 heavy (non-hydrogen) atoms. The van der Waals surface area contributed by atoms with Gasteiger partial charge < -0.3 is 9.80 Å². The highest BCUT2D eigenvalue weighted by atomic mass is 19.4. The minimum Gasteiger partial charge on any atom is -0.320 e. The van der Waals surface area contributed by atoms with E-state index >= 15 is 0 Å². The molecule has 2 rings (SSSR count). The van der Waals surface area contributed by atoms with Crippen LogP contribution < -0.4 is 0 Å². The highest BCUT2D eigenvalue weighted by Gasteiger charge is 2.38. The molecule has 1 heterocycles. The van der Waals surface area contributed by atoms with Gasteiger partial charge in [-0.15, -0.1) is 0 Å². The highest BCUT2D eigenvalue weighted by Crippen LogP contribution is 2.35. The lowest BCUT2D eigenvalue weighted by atomic mass is 10.00. The molecule has 1 aromatic carbocycles. The van der Waals surface area contributed by atoms with Crippen molar-refractivity contribution in [3.8, 4) is 0 Å². The molecule has 0 radical (unpaired) electrons. The number of aryl methyl sites for hydroxylation is 1. The molecule has 0 bridgehead atoms. The number of amides is 2. The molecule has 0 saturated carbocycles. The van der Waals surface area contributed by atoms with Crippen LogP contribution in [-0.2, 0) is 6.18 Å². The molecule has 3 nitrogen and oxygen atoms in total. The van der Waals surface area contributed by atoms with Gasteiger partial charge in [-0.1, -0.05) is 11.6 Å². The number of hydrogen-bond donors (Lipinski definition) is 0. The van der Waals surface area contributed by atoms with Gasteiger partial charge in [-0.3, -0.25) is 0 Å². The Morgan fingerprint density at radius 3 is 2.33 bits per heavy atom. The number of carbonyl (C=O) groups excluding carboxylic acids is 1. The maximum atomic E-state index is 12.9. The van der Waals surface area contributed by atoms with Gasteiger partial charge in [0.2, 0.25) is 0 Å². The van der Waals surface area contributed by atoms with Crippen LogP contribution in [0, 0.1) is 6.92 Å². The van der Waals surface area contributed by atoms with E-state index < -0.39 is 11.7 Å². The standard InChI is InChI=1S/C15H19F3N2O/c1-9(2)20-8-13(19(4)14(20)21)11-5-10(3)6-12(7-11)15(16,17)18/h5-7,9,13H,8H2,1-4H3. The second-order valence-electron chi connectivity index (χ2n) is 5.79. The van der Waals surface area contributed by atoms with E-state index in [2.05, 4.69) is 0 Å². The van der Waals surface area contributed by atoms with Crippen LogP contribution in [0.2, 0.25) is 0 Å². The fourth-order valence-corrected chi connectivity index (χ4v) is 2.65. The number of nitrogens with zero attached hydrogens (tertiary/aromatic N) is 2. The molecular formula is C15H19F3N2O. The second-order valence-corrected chi connectivity index (χ2v) is 5.79. The van der Waals surface area contributed by atoms with Crippen LogP contribution in [0.1, 0.15) is 36.6 Å². The van der Waals surface area contributed by atoms with E-state index in [1.807, 2.05) is 13.8 Å². The van der Waals surface area contributed by atoms with E-state index in [4.69, 9.17) is 0 Å². The van der Waals surface area contributed by atoms with Crippen molar-refractivity contribution in [2.24, 2.45) is 0 Å². The van der Waals surface area contributed by atoms with Crippen LogP contribution in [0.3, 0.4) is 0 Å². The monoisotopic (exact) mass is 300 g/mol. The Morgan fingerprint density at radius 1 is 1.24 bits per heavy atom. The quantitative estimate of drug-likeness (QED) is 0.814. The molecule has 6 heteroatoms. The van der Waals surface area contributed by atoms with Crippen molar-refractivity contribution in [2.45, 2.75) is 39.0 Å². The summed E-state index contributed by atoms with van der Waals surface area (Å²) in [5.74, 6) is 0. The third-order valence-electron chi connectivity index (χ3n) is 3.82. The van der Waals surface area contributed by atoms with E-state index in [1.165, 1.54) is 4.90 Å². The maximum absolute atomic E-state index is 12.9. The molecule has 2 amide bonds. The summed E-state index contributed by atoms with van der Waals surface area (Å²) in [4.78, 5) is 15.3. The first-order chi connectivity index (χ1) is 9.61. The van der Waals surface area contributed by atoms with Gasteiger partial charge in [0, 0.05) is 19.6 Å².